The highest BCUT2D eigenvalue weighted by Crippen LogP contribution is 2.09. The van der Waals surface area contributed by atoms with Gasteiger partial charge in [-0.15, -0.1) is 5.10 Å². The Balaban J connectivity index is 1.71. The molecular weight excluding hydrogens is 228 g/mol. The van der Waals surface area contributed by atoms with Gasteiger partial charge in [0, 0.05) is 18.7 Å². The average Bonchev–Trinajstić information content (AvgIpc) is 2.96. The SMILES string of the molecule is CC(Cc1ccco1)Nc1nc2ccccn2n1. The monoisotopic (exact) mass is 242 g/mol. The maximum absolute atomic E-state index is 5.31. The van der Waals surface area contributed by atoms with Gasteiger partial charge in [-0.1, -0.05) is 6.07 Å². The van der Waals surface area contributed by atoms with E-state index in [2.05, 4.69) is 22.3 Å². The lowest BCUT2D eigenvalue weighted by molar-refractivity contribution is 0.497. The van der Waals surface area contributed by atoms with E-state index in [1.165, 1.54) is 0 Å². The van der Waals surface area contributed by atoms with Crippen molar-refractivity contribution in [1.82, 2.24) is 14.6 Å². The molecule has 0 spiro atoms. The highest BCUT2D eigenvalue weighted by molar-refractivity contribution is 5.43. The minimum Gasteiger partial charge on any atom is -0.469 e. The van der Waals surface area contributed by atoms with Gasteiger partial charge >= 0.3 is 0 Å². The Morgan fingerprint density at radius 1 is 1.33 bits per heavy atom. The lowest BCUT2D eigenvalue weighted by Crippen LogP contribution is -2.18. The molecular formula is C13H14N4O. The summed E-state index contributed by atoms with van der Waals surface area (Å²) in [5, 5.41) is 7.61. The van der Waals surface area contributed by atoms with Crippen molar-refractivity contribution in [3.63, 3.8) is 0 Å². The zero-order valence-electron chi connectivity index (χ0n) is 10.1. The normalized spacial score (nSPS) is 12.7. The first-order valence-corrected chi connectivity index (χ1v) is 5.91. The van der Waals surface area contributed by atoms with Crippen LogP contribution in [0.2, 0.25) is 0 Å². The summed E-state index contributed by atoms with van der Waals surface area (Å²) < 4.78 is 7.07. The van der Waals surface area contributed by atoms with Crippen molar-refractivity contribution < 1.29 is 4.42 Å². The van der Waals surface area contributed by atoms with Crippen molar-refractivity contribution in [2.75, 3.05) is 5.32 Å². The quantitative estimate of drug-likeness (QED) is 0.763. The minimum absolute atomic E-state index is 0.216. The van der Waals surface area contributed by atoms with Gasteiger partial charge < -0.3 is 9.73 Å². The first-order chi connectivity index (χ1) is 8.81. The van der Waals surface area contributed by atoms with Crippen LogP contribution in [0.25, 0.3) is 5.65 Å². The number of fused-ring (bicyclic) bond motifs is 1. The summed E-state index contributed by atoms with van der Waals surface area (Å²) in [5.74, 6) is 1.60. The molecule has 1 N–H and O–H groups in total. The van der Waals surface area contributed by atoms with Crippen molar-refractivity contribution in [3.05, 3.63) is 48.6 Å². The molecule has 3 heterocycles. The molecule has 1 unspecified atom stereocenters. The number of anilines is 1. The van der Waals surface area contributed by atoms with Crippen LogP contribution in [-0.4, -0.2) is 20.6 Å². The number of hydrogen-bond donors (Lipinski definition) is 1. The molecule has 5 heteroatoms. The summed E-state index contributed by atoms with van der Waals surface area (Å²) in [6, 6.07) is 9.88. The van der Waals surface area contributed by atoms with Crippen molar-refractivity contribution in [2.45, 2.75) is 19.4 Å². The van der Waals surface area contributed by atoms with Gasteiger partial charge in [0.2, 0.25) is 5.95 Å². The maximum atomic E-state index is 5.31. The van der Waals surface area contributed by atoms with Crippen LogP contribution < -0.4 is 5.32 Å². The lowest BCUT2D eigenvalue weighted by Gasteiger charge is -2.09. The highest BCUT2D eigenvalue weighted by Gasteiger charge is 2.09. The van der Waals surface area contributed by atoms with E-state index in [1.54, 1.807) is 10.8 Å². The largest absolute Gasteiger partial charge is 0.469 e. The lowest BCUT2D eigenvalue weighted by atomic mass is 10.2. The predicted octanol–water partition coefficient (Wildman–Crippen LogP) is 2.37. The number of rotatable bonds is 4. The number of hydrogen-bond acceptors (Lipinski definition) is 4. The van der Waals surface area contributed by atoms with E-state index in [9.17, 15) is 0 Å². The second-order valence-electron chi connectivity index (χ2n) is 4.27. The molecule has 0 aliphatic heterocycles. The molecule has 0 bridgehead atoms. The molecule has 0 amide bonds. The second-order valence-corrected chi connectivity index (χ2v) is 4.27. The second kappa shape index (κ2) is 4.52. The number of furan rings is 1. The molecule has 18 heavy (non-hydrogen) atoms. The topological polar surface area (TPSA) is 55.4 Å². The molecule has 3 aromatic heterocycles. The van der Waals surface area contributed by atoms with E-state index in [1.807, 2.05) is 36.5 Å². The van der Waals surface area contributed by atoms with E-state index in [0.29, 0.717) is 5.95 Å². The summed E-state index contributed by atoms with van der Waals surface area (Å²) in [6.07, 6.45) is 4.37. The van der Waals surface area contributed by atoms with Crippen LogP contribution >= 0.6 is 0 Å². The maximum Gasteiger partial charge on any atom is 0.243 e. The Hall–Kier alpha value is -2.30. The van der Waals surface area contributed by atoms with Crippen LogP contribution in [0.15, 0.2) is 47.2 Å². The molecule has 0 fully saturated rings. The van der Waals surface area contributed by atoms with Gasteiger partial charge in [0.15, 0.2) is 5.65 Å². The molecule has 0 radical (unpaired) electrons. The molecule has 92 valence electrons. The fraction of sp³-hybridized carbons (Fsp3) is 0.231. The fourth-order valence-corrected chi connectivity index (χ4v) is 1.89. The predicted molar refractivity (Wildman–Crippen MR) is 68.5 cm³/mol. The molecule has 0 aliphatic rings. The Bertz CT molecular complexity index is 596. The number of aromatic nitrogens is 3. The summed E-state index contributed by atoms with van der Waals surface area (Å²) in [6.45, 7) is 2.08. The third-order valence-corrected chi connectivity index (χ3v) is 2.70. The number of nitrogens with one attached hydrogen (secondary N) is 1. The van der Waals surface area contributed by atoms with Gasteiger partial charge in [-0.3, -0.25) is 0 Å². The minimum atomic E-state index is 0.216. The summed E-state index contributed by atoms with van der Waals surface area (Å²) in [5.41, 5.74) is 0.838. The van der Waals surface area contributed by atoms with Crippen molar-refractivity contribution in [2.24, 2.45) is 0 Å². The fourth-order valence-electron chi connectivity index (χ4n) is 1.89. The molecule has 0 aromatic carbocycles. The van der Waals surface area contributed by atoms with Gasteiger partial charge in [0.05, 0.1) is 6.26 Å². The zero-order valence-corrected chi connectivity index (χ0v) is 10.1. The molecule has 0 saturated carbocycles. The summed E-state index contributed by atoms with van der Waals surface area (Å²) >= 11 is 0. The molecule has 0 aliphatic carbocycles. The molecule has 3 aromatic rings. The van der Waals surface area contributed by atoms with Crippen LogP contribution in [0.5, 0.6) is 0 Å². The van der Waals surface area contributed by atoms with Crippen LogP contribution in [0, 0.1) is 0 Å². The van der Waals surface area contributed by atoms with Crippen LogP contribution in [0.4, 0.5) is 5.95 Å². The molecule has 5 nitrogen and oxygen atoms in total. The van der Waals surface area contributed by atoms with E-state index in [0.717, 1.165) is 17.8 Å². The molecule has 1 atom stereocenters. The number of pyridine rings is 1. The third-order valence-electron chi connectivity index (χ3n) is 2.70. The summed E-state index contributed by atoms with van der Waals surface area (Å²) in [4.78, 5) is 4.39. The van der Waals surface area contributed by atoms with Crippen molar-refractivity contribution in [3.8, 4) is 0 Å². The summed E-state index contributed by atoms with van der Waals surface area (Å²) in [7, 11) is 0. The smallest absolute Gasteiger partial charge is 0.243 e. The third kappa shape index (κ3) is 2.20. The Morgan fingerprint density at radius 3 is 3.06 bits per heavy atom. The first kappa shape index (κ1) is 10.8. The Kier molecular flexibility index (Phi) is 2.72. The average molecular weight is 242 g/mol. The number of nitrogens with zero attached hydrogens (tertiary/aromatic N) is 3. The van der Waals surface area contributed by atoms with Gasteiger partial charge in [-0.2, -0.15) is 4.98 Å². The van der Waals surface area contributed by atoms with E-state index < -0.39 is 0 Å². The van der Waals surface area contributed by atoms with Crippen molar-refractivity contribution in [1.29, 1.82) is 0 Å². The Morgan fingerprint density at radius 2 is 2.28 bits per heavy atom. The zero-order chi connectivity index (χ0) is 12.4. The van der Waals surface area contributed by atoms with Gasteiger partial charge in [-0.25, -0.2) is 4.52 Å². The van der Waals surface area contributed by atoms with Crippen molar-refractivity contribution >= 4 is 11.6 Å². The molecule has 0 saturated heterocycles. The van der Waals surface area contributed by atoms with Gasteiger partial charge in [0.1, 0.15) is 5.76 Å². The highest BCUT2D eigenvalue weighted by atomic mass is 16.3. The van der Waals surface area contributed by atoms with Crippen LogP contribution in [0.1, 0.15) is 12.7 Å². The van der Waals surface area contributed by atoms with Crippen LogP contribution in [0.3, 0.4) is 0 Å². The standard InChI is InChI=1S/C13H14N4O/c1-10(9-11-5-4-8-18-11)14-13-15-12-6-2-3-7-17(12)16-13/h2-8,10H,9H2,1H3,(H,14,16). The van der Waals surface area contributed by atoms with E-state index >= 15 is 0 Å². The van der Waals surface area contributed by atoms with Gasteiger partial charge in [0.25, 0.3) is 0 Å². The van der Waals surface area contributed by atoms with E-state index in [4.69, 9.17) is 4.42 Å². The van der Waals surface area contributed by atoms with E-state index in [-0.39, 0.29) is 6.04 Å². The molecule has 3 rings (SSSR count). The Labute approximate surface area is 104 Å². The first-order valence-electron chi connectivity index (χ1n) is 5.91. The van der Waals surface area contributed by atoms with Crippen LogP contribution in [-0.2, 0) is 6.42 Å². The van der Waals surface area contributed by atoms with Gasteiger partial charge in [-0.05, 0) is 31.2 Å².